The summed E-state index contributed by atoms with van der Waals surface area (Å²) in [5, 5.41) is 13.7. The van der Waals surface area contributed by atoms with E-state index in [1.165, 1.54) is 12.4 Å². The molecule has 6 aromatic rings. The number of piperazine rings is 4. The Bertz CT molecular complexity index is 3170. The predicted octanol–water partition coefficient (Wildman–Crippen LogP) is 7.94. The lowest BCUT2D eigenvalue weighted by Crippen LogP contribution is -2.48. The third-order valence-electron chi connectivity index (χ3n) is 15.6. The lowest BCUT2D eigenvalue weighted by atomic mass is 10.2. The fraction of sp³-hybridized carbons (Fsp3) is 0.400. The fourth-order valence-corrected chi connectivity index (χ4v) is 10.8. The molecule has 4 aliphatic rings. The molecule has 0 aliphatic carbocycles. The molecule has 0 bridgehead atoms. The van der Waals surface area contributed by atoms with Gasteiger partial charge in [-0.2, -0.15) is 9.97 Å². The summed E-state index contributed by atoms with van der Waals surface area (Å²) in [5.74, 6) is 4.47. The van der Waals surface area contributed by atoms with Crippen LogP contribution in [0.15, 0.2) is 85.2 Å². The molecule has 4 aliphatic heterocycles. The summed E-state index contributed by atoms with van der Waals surface area (Å²) in [6.07, 6.45) is 3.06. The van der Waals surface area contributed by atoms with Crippen molar-refractivity contribution in [2.75, 3.05) is 174 Å². The normalized spacial score (nSPS) is 15.3. The molecular formula is C60H74Cl2N16O8. The molecule has 4 N–H and O–H groups in total. The van der Waals surface area contributed by atoms with E-state index in [2.05, 4.69) is 60.8 Å². The van der Waals surface area contributed by atoms with Crippen LogP contribution in [0.3, 0.4) is 0 Å². The van der Waals surface area contributed by atoms with Gasteiger partial charge in [0.05, 0.1) is 63.6 Å². The summed E-state index contributed by atoms with van der Waals surface area (Å²) in [6, 6.07) is 23.6. The van der Waals surface area contributed by atoms with E-state index in [-0.39, 0.29) is 23.6 Å². The number of benzene rings is 4. The first-order valence-corrected chi connectivity index (χ1v) is 29.1. The average molecular weight is 1220 g/mol. The van der Waals surface area contributed by atoms with Crippen LogP contribution in [0, 0.1) is 0 Å². The van der Waals surface area contributed by atoms with Crippen molar-refractivity contribution in [1.82, 2.24) is 39.5 Å². The van der Waals surface area contributed by atoms with Crippen molar-refractivity contribution in [2.24, 2.45) is 0 Å². The van der Waals surface area contributed by atoms with E-state index >= 15 is 0 Å². The highest BCUT2D eigenvalue weighted by atomic mass is 35.5. The highest BCUT2D eigenvalue weighted by Crippen LogP contribution is 2.38. The van der Waals surface area contributed by atoms with Crippen molar-refractivity contribution in [3.8, 4) is 23.0 Å². The Kier molecular flexibility index (Phi) is 20.3. The molecule has 0 spiro atoms. The van der Waals surface area contributed by atoms with Gasteiger partial charge in [-0.15, -0.1) is 0 Å². The maximum absolute atomic E-state index is 11.7. The number of carbonyl (C=O) groups excluding carboxylic acids is 4. The molecule has 0 radical (unpaired) electrons. The molecule has 86 heavy (non-hydrogen) atoms. The second-order valence-electron chi connectivity index (χ2n) is 20.8. The zero-order valence-corrected chi connectivity index (χ0v) is 51.3. The molecule has 0 saturated carbocycles. The van der Waals surface area contributed by atoms with Gasteiger partial charge < -0.3 is 79.4 Å². The largest absolute Gasteiger partial charge is 0.494 e. The zero-order valence-electron chi connectivity index (χ0n) is 49.8. The third-order valence-corrected chi connectivity index (χ3v) is 16.1. The Balaban J connectivity index is 0.000000205. The number of anilines is 12. The monoisotopic (exact) mass is 1220 g/mol. The van der Waals surface area contributed by atoms with E-state index in [1.54, 1.807) is 56.1 Å². The van der Waals surface area contributed by atoms with Crippen molar-refractivity contribution in [3.63, 3.8) is 0 Å². The van der Waals surface area contributed by atoms with Crippen LogP contribution in [0.2, 0.25) is 10.0 Å². The molecule has 10 rings (SSSR count). The number of hydrogen-bond acceptors (Lipinski definition) is 20. The number of methoxy groups -OCH3 is 4. The summed E-state index contributed by atoms with van der Waals surface area (Å²) in [6.45, 7) is 18.0. The fourth-order valence-electron chi connectivity index (χ4n) is 10.6. The number of aromatic nitrogens is 4. The Morgan fingerprint density at radius 1 is 0.372 bits per heavy atom. The summed E-state index contributed by atoms with van der Waals surface area (Å²) >= 11 is 13.0. The van der Waals surface area contributed by atoms with Gasteiger partial charge in [-0.05, 0) is 48.5 Å². The van der Waals surface area contributed by atoms with E-state index in [0.717, 1.165) is 75.1 Å². The lowest BCUT2D eigenvalue weighted by molar-refractivity contribution is -0.129. The number of hydrogen-bond donors (Lipinski definition) is 4. The van der Waals surface area contributed by atoms with Crippen molar-refractivity contribution in [1.29, 1.82) is 0 Å². The van der Waals surface area contributed by atoms with Crippen LogP contribution < -0.4 is 59.8 Å². The molecule has 4 fully saturated rings. The van der Waals surface area contributed by atoms with E-state index in [0.29, 0.717) is 132 Å². The van der Waals surface area contributed by atoms with Crippen LogP contribution in [-0.4, -0.2) is 196 Å². The number of nitrogens with zero attached hydrogens (tertiary/aromatic N) is 12. The van der Waals surface area contributed by atoms with Crippen molar-refractivity contribution in [2.45, 2.75) is 27.7 Å². The van der Waals surface area contributed by atoms with Gasteiger partial charge in [-0.1, -0.05) is 23.2 Å². The van der Waals surface area contributed by atoms with Gasteiger partial charge in [0.2, 0.25) is 35.5 Å². The van der Waals surface area contributed by atoms with Crippen LogP contribution in [0.25, 0.3) is 0 Å². The van der Waals surface area contributed by atoms with Gasteiger partial charge in [-0.3, -0.25) is 19.2 Å². The van der Waals surface area contributed by atoms with Crippen molar-refractivity contribution >= 4 is 116 Å². The SMILES string of the molecule is COc1cc(N2CCN(C(C)=O)CC2)ccc1Nc1ncc(Cl)c(Nc2ccc(N3CCN(C(C)=O)CC3)cc2OC)n1.COc1cc(N2CCN(C(C)=O)CC2)ccc1Nc1ncc(Cl)c(Nc2ccc(N3CCN(C(C)=O)CC3)cc2OC)n1. The van der Waals surface area contributed by atoms with Crippen LogP contribution in [-0.2, 0) is 19.2 Å². The molecule has 24 nitrogen and oxygen atoms in total. The number of amides is 4. The first-order chi connectivity index (χ1) is 41.5. The van der Waals surface area contributed by atoms with E-state index < -0.39 is 0 Å². The van der Waals surface area contributed by atoms with Gasteiger partial charge in [-0.25, -0.2) is 9.97 Å². The smallest absolute Gasteiger partial charge is 0.229 e. The molecule has 0 unspecified atom stereocenters. The van der Waals surface area contributed by atoms with Gasteiger partial charge >= 0.3 is 0 Å². The molecule has 4 aromatic carbocycles. The topological polar surface area (TPSA) is 231 Å². The first-order valence-electron chi connectivity index (χ1n) is 28.4. The van der Waals surface area contributed by atoms with Gasteiger partial charge in [0.15, 0.2) is 11.6 Å². The van der Waals surface area contributed by atoms with E-state index in [9.17, 15) is 19.2 Å². The van der Waals surface area contributed by atoms with E-state index in [4.69, 9.17) is 42.1 Å². The second kappa shape index (κ2) is 28.3. The van der Waals surface area contributed by atoms with Gasteiger partial charge in [0.1, 0.15) is 33.0 Å². The van der Waals surface area contributed by atoms with Crippen LogP contribution >= 0.6 is 23.2 Å². The van der Waals surface area contributed by atoms with Crippen molar-refractivity contribution < 1.29 is 38.1 Å². The maximum Gasteiger partial charge on any atom is 0.229 e. The Morgan fingerprint density at radius 2 is 0.605 bits per heavy atom. The first kappa shape index (κ1) is 61.7. The molecule has 456 valence electrons. The van der Waals surface area contributed by atoms with E-state index in [1.807, 2.05) is 92.4 Å². The van der Waals surface area contributed by atoms with Crippen LogP contribution in [0.1, 0.15) is 27.7 Å². The molecule has 4 saturated heterocycles. The number of halogens is 2. The minimum Gasteiger partial charge on any atom is -0.494 e. The van der Waals surface area contributed by atoms with Crippen molar-refractivity contribution in [3.05, 3.63) is 95.2 Å². The zero-order chi connectivity index (χ0) is 61.0. The molecular weight excluding hydrogens is 1140 g/mol. The lowest BCUT2D eigenvalue weighted by Gasteiger charge is -2.35. The number of ether oxygens (including phenoxy) is 4. The minimum absolute atomic E-state index is 0.100. The van der Waals surface area contributed by atoms with Crippen LogP contribution in [0.4, 0.5) is 69.0 Å². The summed E-state index contributed by atoms with van der Waals surface area (Å²) in [4.78, 5) is 81.0. The minimum atomic E-state index is 0.100. The second-order valence-corrected chi connectivity index (χ2v) is 21.6. The third kappa shape index (κ3) is 15.1. The molecule has 6 heterocycles. The highest BCUT2D eigenvalue weighted by Gasteiger charge is 2.25. The van der Waals surface area contributed by atoms with Gasteiger partial charge in [0, 0.05) is 179 Å². The number of carbonyl (C=O) groups is 4. The Morgan fingerprint density at radius 3 is 0.826 bits per heavy atom. The maximum atomic E-state index is 11.7. The summed E-state index contributed by atoms with van der Waals surface area (Å²) in [5.41, 5.74) is 6.86. The molecule has 26 heteroatoms. The predicted molar refractivity (Wildman–Crippen MR) is 337 cm³/mol. The highest BCUT2D eigenvalue weighted by molar-refractivity contribution is 6.33. The summed E-state index contributed by atoms with van der Waals surface area (Å²) in [7, 11) is 6.47. The standard InChI is InChI=1S/2C30H37ClN8O4/c2*1-20(40)36-9-13-38(14-10-36)22-5-7-25(27(17-22)42-3)33-29-24(31)19-32-30(35-29)34-26-8-6-23(18-28(26)43-4)39-15-11-37(12-16-39)21(2)41/h2*5-8,17-19H,9-16H2,1-4H3,(H2,32,33,34,35). The number of rotatable bonds is 16. The molecule has 4 amide bonds. The number of nitrogens with one attached hydrogen (secondary N) is 4. The van der Waals surface area contributed by atoms with Crippen LogP contribution in [0.5, 0.6) is 23.0 Å². The van der Waals surface area contributed by atoms with Gasteiger partial charge in [0.25, 0.3) is 0 Å². The quantitative estimate of drug-likeness (QED) is 0.0720. The Hall–Kier alpha value is -8.90. The summed E-state index contributed by atoms with van der Waals surface area (Å²) < 4.78 is 22.7. The molecule has 0 atom stereocenters. The molecule has 2 aromatic heterocycles. The Labute approximate surface area is 511 Å². The average Bonchev–Trinajstić information content (AvgIpc) is 2.60.